The van der Waals surface area contributed by atoms with Gasteiger partial charge in [-0.05, 0) is 37.4 Å². The zero-order chi connectivity index (χ0) is 14.4. The highest BCUT2D eigenvalue weighted by Gasteiger charge is 2.24. The Morgan fingerprint density at radius 3 is 2.70 bits per heavy atom. The highest BCUT2D eigenvalue weighted by atomic mass is 19.2. The second-order valence-electron chi connectivity index (χ2n) is 5.43. The van der Waals surface area contributed by atoms with Gasteiger partial charge >= 0.3 is 0 Å². The Morgan fingerprint density at radius 2 is 2.00 bits per heavy atom. The molecule has 1 N–H and O–H groups in total. The molecule has 20 heavy (non-hydrogen) atoms. The molecule has 0 aliphatic heterocycles. The van der Waals surface area contributed by atoms with Gasteiger partial charge in [-0.15, -0.1) is 0 Å². The lowest BCUT2D eigenvalue weighted by Crippen LogP contribution is -2.41. The van der Waals surface area contributed by atoms with Crippen molar-refractivity contribution in [3.05, 3.63) is 29.8 Å². The first-order valence-corrected chi connectivity index (χ1v) is 7.52. The lowest BCUT2D eigenvalue weighted by atomic mass is 9.84. The SMILES string of the molecule is CCNC(COc1cccc(F)c1F)C1CCCCC1. The molecule has 1 fully saturated rings. The van der Waals surface area contributed by atoms with Crippen molar-refractivity contribution in [1.29, 1.82) is 0 Å². The van der Waals surface area contributed by atoms with E-state index in [4.69, 9.17) is 4.74 Å². The Hall–Kier alpha value is -1.16. The summed E-state index contributed by atoms with van der Waals surface area (Å²) in [6.07, 6.45) is 6.18. The molecule has 1 aliphatic rings. The Kier molecular flexibility index (Phi) is 5.77. The summed E-state index contributed by atoms with van der Waals surface area (Å²) in [5.74, 6) is -1.18. The average Bonchev–Trinajstić information content (AvgIpc) is 2.48. The van der Waals surface area contributed by atoms with Crippen molar-refractivity contribution in [2.45, 2.75) is 45.1 Å². The third kappa shape index (κ3) is 3.92. The maximum atomic E-state index is 13.6. The number of nitrogens with one attached hydrogen (secondary N) is 1. The van der Waals surface area contributed by atoms with E-state index < -0.39 is 11.6 Å². The van der Waals surface area contributed by atoms with Crippen LogP contribution in [0.5, 0.6) is 5.75 Å². The lowest BCUT2D eigenvalue weighted by molar-refractivity contribution is 0.182. The Labute approximate surface area is 119 Å². The van der Waals surface area contributed by atoms with E-state index in [1.54, 1.807) is 0 Å². The minimum atomic E-state index is -0.897. The molecule has 1 aromatic carbocycles. The molecule has 1 atom stereocenters. The van der Waals surface area contributed by atoms with E-state index in [1.165, 1.54) is 44.2 Å². The highest BCUT2D eigenvalue weighted by molar-refractivity contribution is 5.25. The fourth-order valence-corrected chi connectivity index (χ4v) is 2.94. The van der Waals surface area contributed by atoms with Crippen LogP contribution in [0.15, 0.2) is 18.2 Å². The van der Waals surface area contributed by atoms with E-state index in [0.717, 1.165) is 12.6 Å². The number of likely N-dealkylation sites (N-methyl/N-ethyl adjacent to an activating group) is 1. The van der Waals surface area contributed by atoms with Crippen molar-refractivity contribution in [3.63, 3.8) is 0 Å². The minimum Gasteiger partial charge on any atom is -0.489 e. The number of halogens is 2. The topological polar surface area (TPSA) is 21.3 Å². The molecule has 0 saturated heterocycles. The largest absolute Gasteiger partial charge is 0.489 e. The van der Waals surface area contributed by atoms with Crippen LogP contribution in [0.1, 0.15) is 39.0 Å². The molecule has 4 heteroatoms. The predicted octanol–water partition coefficient (Wildman–Crippen LogP) is 3.90. The lowest BCUT2D eigenvalue weighted by Gasteiger charge is -2.30. The molecule has 0 aromatic heterocycles. The third-order valence-corrected chi connectivity index (χ3v) is 4.02. The molecular weight excluding hydrogens is 260 g/mol. The molecule has 0 radical (unpaired) electrons. The van der Waals surface area contributed by atoms with Gasteiger partial charge in [0, 0.05) is 6.04 Å². The van der Waals surface area contributed by atoms with E-state index in [9.17, 15) is 8.78 Å². The third-order valence-electron chi connectivity index (χ3n) is 4.02. The van der Waals surface area contributed by atoms with E-state index in [2.05, 4.69) is 12.2 Å². The Bertz CT molecular complexity index is 419. The van der Waals surface area contributed by atoms with Gasteiger partial charge in [-0.25, -0.2) is 4.39 Å². The van der Waals surface area contributed by atoms with Crippen LogP contribution in [0, 0.1) is 17.6 Å². The molecule has 2 nitrogen and oxygen atoms in total. The monoisotopic (exact) mass is 283 g/mol. The number of benzene rings is 1. The predicted molar refractivity (Wildman–Crippen MR) is 75.9 cm³/mol. The van der Waals surface area contributed by atoms with Gasteiger partial charge in [-0.2, -0.15) is 4.39 Å². The van der Waals surface area contributed by atoms with Crippen LogP contribution in [-0.2, 0) is 0 Å². The minimum absolute atomic E-state index is 0.00344. The standard InChI is InChI=1S/C16H23F2NO/c1-2-19-14(12-7-4-3-5-8-12)11-20-15-10-6-9-13(17)16(15)18/h6,9-10,12,14,19H,2-5,7-8,11H2,1H3. The van der Waals surface area contributed by atoms with Gasteiger partial charge in [-0.1, -0.05) is 32.3 Å². The first-order valence-electron chi connectivity index (χ1n) is 7.52. The summed E-state index contributed by atoms with van der Waals surface area (Å²) in [6.45, 7) is 3.30. The molecule has 112 valence electrons. The Balaban J connectivity index is 1.95. The van der Waals surface area contributed by atoms with Crippen LogP contribution >= 0.6 is 0 Å². The number of hydrogen-bond acceptors (Lipinski definition) is 2. The molecule has 2 rings (SSSR count). The van der Waals surface area contributed by atoms with Gasteiger partial charge in [0.05, 0.1) is 0 Å². The van der Waals surface area contributed by atoms with E-state index >= 15 is 0 Å². The summed E-state index contributed by atoms with van der Waals surface area (Å²) in [5, 5.41) is 3.42. The number of rotatable bonds is 6. The molecule has 0 bridgehead atoms. The summed E-state index contributed by atoms with van der Waals surface area (Å²) in [6, 6.07) is 4.26. The van der Waals surface area contributed by atoms with E-state index in [1.807, 2.05) is 0 Å². The molecule has 1 aliphatic carbocycles. The van der Waals surface area contributed by atoms with Crippen molar-refractivity contribution >= 4 is 0 Å². The summed E-state index contributed by atoms with van der Waals surface area (Å²) >= 11 is 0. The normalized spacial score (nSPS) is 17.9. The van der Waals surface area contributed by atoms with E-state index in [-0.39, 0.29) is 11.8 Å². The zero-order valence-electron chi connectivity index (χ0n) is 12.0. The summed E-state index contributed by atoms with van der Waals surface area (Å²) < 4.78 is 32.2. The molecule has 1 unspecified atom stereocenters. The van der Waals surface area contributed by atoms with Gasteiger partial charge in [0.1, 0.15) is 6.61 Å². The summed E-state index contributed by atoms with van der Waals surface area (Å²) in [7, 11) is 0. The average molecular weight is 283 g/mol. The van der Waals surface area contributed by atoms with Gasteiger partial charge in [-0.3, -0.25) is 0 Å². The van der Waals surface area contributed by atoms with Crippen LogP contribution in [-0.4, -0.2) is 19.2 Å². The second-order valence-corrected chi connectivity index (χ2v) is 5.43. The van der Waals surface area contributed by atoms with Crippen molar-refractivity contribution in [2.24, 2.45) is 5.92 Å². The summed E-state index contributed by atoms with van der Waals surface area (Å²) in [5.41, 5.74) is 0. The van der Waals surface area contributed by atoms with E-state index in [0.29, 0.717) is 12.5 Å². The van der Waals surface area contributed by atoms with Crippen LogP contribution < -0.4 is 10.1 Å². The molecule has 0 amide bonds. The van der Waals surface area contributed by atoms with Gasteiger partial charge in [0.15, 0.2) is 11.6 Å². The Morgan fingerprint density at radius 1 is 1.25 bits per heavy atom. The van der Waals surface area contributed by atoms with Gasteiger partial charge < -0.3 is 10.1 Å². The van der Waals surface area contributed by atoms with Gasteiger partial charge in [0.25, 0.3) is 0 Å². The molecule has 0 spiro atoms. The first kappa shape index (κ1) is 15.2. The van der Waals surface area contributed by atoms with Crippen LogP contribution in [0.4, 0.5) is 8.78 Å². The zero-order valence-corrected chi connectivity index (χ0v) is 12.0. The molecule has 1 aromatic rings. The van der Waals surface area contributed by atoms with Crippen LogP contribution in [0.25, 0.3) is 0 Å². The van der Waals surface area contributed by atoms with Gasteiger partial charge in [0.2, 0.25) is 5.82 Å². The van der Waals surface area contributed by atoms with Crippen molar-refractivity contribution < 1.29 is 13.5 Å². The highest BCUT2D eigenvalue weighted by Crippen LogP contribution is 2.27. The molecule has 0 heterocycles. The molecule has 1 saturated carbocycles. The van der Waals surface area contributed by atoms with Crippen LogP contribution in [0.3, 0.4) is 0 Å². The summed E-state index contributed by atoms with van der Waals surface area (Å²) in [4.78, 5) is 0. The smallest absolute Gasteiger partial charge is 0.200 e. The second kappa shape index (κ2) is 7.58. The number of hydrogen-bond donors (Lipinski definition) is 1. The fraction of sp³-hybridized carbons (Fsp3) is 0.625. The van der Waals surface area contributed by atoms with Crippen molar-refractivity contribution in [1.82, 2.24) is 5.32 Å². The van der Waals surface area contributed by atoms with Crippen molar-refractivity contribution in [3.8, 4) is 5.75 Å². The first-order chi connectivity index (χ1) is 9.72. The van der Waals surface area contributed by atoms with Crippen LogP contribution in [0.2, 0.25) is 0 Å². The van der Waals surface area contributed by atoms with Crippen molar-refractivity contribution in [2.75, 3.05) is 13.2 Å². The maximum absolute atomic E-state index is 13.6. The number of ether oxygens (including phenoxy) is 1. The quantitative estimate of drug-likeness (QED) is 0.855. The molecular formula is C16H23F2NO. The maximum Gasteiger partial charge on any atom is 0.200 e. The fourth-order valence-electron chi connectivity index (χ4n) is 2.94.